The minimum Gasteiger partial charge on any atom is -0.426 e. The van der Waals surface area contributed by atoms with Crippen LogP contribution in [0, 0.1) is 0 Å². The van der Waals surface area contributed by atoms with Crippen molar-refractivity contribution >= 4 is 27.7 Å². The van der Waals surface area contributed by atoms with Crippen molar-refractivity contribution in [3.8, 4) is 5.75 Å². The highest BCUT2D eigenvalue weighted by Crippen LogP contribution is 2.25. The van der Waals surface area contributed by atoms with Crippen molar-refractivity contribution in [3.63, 3.8) is 0 Å². The van der Waals surface area contributed by atoms with Gasteiger partial charge < -0.3 is 4.74 Å². The topological polar surface area (TPSA) is 43.4 Å². The van der Waals surface area contributed by atoms with Crippen LogP contribution in [-0.4, -0.2) is 11.8 Å². The number of carbonyl (C=O) groups excluding carboxylic acids is 2. The van der Waals surface area contributed by atoms with E-state index in [1.54, 1.807) is 25.1 Å². The molecule has 1 aromatic rings. The largest absolute Gasteiger partial charge is 0.426 e. The molecule has 0 aliphatic carbocycles. The molecular weight excluding hydrogens is 260 g/mol. The van der Waals surface area contributed by atoms with Gasteiger partial charge >= 0.3 is 5.97 Å². The van der Waals surface area contributed by atoms with Crippen LogP contribution in [0.15, 0.2) is 22.7 Å². The summed E-state index contributed by atoms with van der Waals surface area (Å²) in [5.41, 5.74) is 0.441. The van der Waals surface area contributed by atoms with Crippen molar-refractivity contribution in [2.24, 2.45) is 0 Å². The lowest BCUT2D eigenvalue weighted by Gasteiger charge is -2.07. The average Bonchev–Trinajstić information content (AvgIpc) is 2.16. The standard InChI is InChI=1S/C11H11BrO3/c1-3-10(14)9-5-4-8(12)6-11(9)15-7(2)13/h4-6H,3H2,1-2H3. The molecule has 0 radical (unpaired) electrons. The van der Waals surface area contributed by atoms with Gasteiger partial charge in [0.2, 0.25) is 0 Å². The molecule has 1 rings (SSSR count). The molecule has 0 aromatic heterocycles. The number of ketones is 1. The number of benzene rings is 1. The predicted octanol–water partition coefficient (Wildman–Crippen LogP) is 2.97. The van der Waals surface area contributed by atoms with Gasteiger partial charge in [-0.2, -0.15) is 0 Å². The molecule has 4 heteroatoms. The number of hydrogen-bond acceptors (Lipinski definition) is 3. The predicted molar refractivity (Wildman–Crippen MR) is 60.1 cm³/mol. The van der Waals surface area contributed by atoms with E-state index in [0.29, 0.717) is 17.7 Å². The maximum atomic E-state index is 11.5. The smallest absolute Gasteiger partial charge is 0.308 e. The van der Waals surface area contributed by atoms with E-state index in [2.05, 4.69) is 15.9 Å². The number of Topliss-reactive ketones (excluding diaryl/α,β-unsaturated/α-hetero) is 1. The number of hydrogen-bond donors (Lipinski definition) is 0. The van der Waals surface area contributed by atoms with Crippen LogP contribution >= 0.6 is 15.9 Å². The first kappa shape index (κ1) is 11.9. The van der Waals surface area contributed by atoms with E-state index in [9.17, 15) is 9.59 Å². The Balaban J connectivity index is 3.13. The molecule has 0 saturated heterocycles. The molecule has 0 aliphatic heterocycles. The summed E-state index contributed by atoms with van der Waals surface area (Å²) in [5, 5.41) is 0. The van der Waals surface area contributed by atoms with Gasteiger partial charge in [0.1, 0.15) is 5.75 Å². The summed E-state index contributed by atoms with van der Waals surface area (Å²) in [7, 11) is 0. The van der Waals surface area contributed by atoms with E-state index >= 15 is 0 Å². The molecule has 0 saturated carbocycles. The molecule has 1 aromatic carbocycles. The summed E-state index contributed by atoms with van der Waals surface area (Å²) in [6, 6.07) is 5.01. The Bertz CT molecular complexity index is 399. The van der Waals surface area contributed by atoms with Gasteiger partial charge in [-0.15, -0.1) is 0 Å². The first-order chi connectivity index (χ1) is 7.04. The molecule has 0 atom stereocenters. The zero-order chi connectivity index (χ0) is 11.4. The Kier molecular flexibility index (Phi) is 4.03. The highest BCUT2D eigenvalue weighted by atomic mass is 79.9. The number of halogens is 1. The average molecular weight is 271 g/mol. The summed E-state index contributed by atoms with van der Waals surface area (Å²) in [6.45, 7) is 3.07. The summed E-state index contributed by atoms with van der Waals surface area (Å²) in [5.74, 6) is -0.166. The van der Waals surface area contributed by atoms with Crippen LogP contribution in [0.4, 0.5) is 0 Å². The maximum absolute atomic E-state index is 11.5. The fraction of sp³-hybridized carbons (Fsp3) is 0.273. The van der Waals surface area contributed by atoms with Crippen molar-refractivity contribution in [1.82, 2.24) is 0 Å². The lowest BCUT2D eigenvalue weighted by Crippen LogP contribution is -2.07. The molecule has 0 N–H and O–H groups in total. The molecule has 0 bridgehead atoms. The van der Waals surface area contributed by atoms with Crippen molar-refractivity contribution in [2.75, 3.05) is 0 Å². The number of esters is 1. The number of rotatable bonds is 3. The zero-order valence-corrected chi connectivity index (χ0v) is 10.1. The third-order valence-electron chi connectivity index (χ3n) is 1.82. The molecule has 3 nitrogen and oxygen atoms in total. The third-order valence-corrected chi connectivity index (χ3v) is 2.31. The second kappa shape index (κ2) is 5.07. The van der Waals surface area contributed by atoms with Gasteiger partial charge in [-0.1, -0.05) is 22.9 Å². The second-order valence-corrected chi connectivity index (χ2v) is 3.93. The molecule has 0 heterocycles. The van der Waals surface area contributed by atoms with Gasteiger partial charge in [0.05, 0.1) is 5.56 Å². The highest BCUT2D eigenvalue weighted by Gasteiger charge is 2.12. The fourth-order valence-electron chi connectivity index (χ4n) is 1.16. The normalized spacial score (nSPS) is 9.80. The quantitative estimate of drug-likeness (QED) is 0.482. The van der Waals surface area contributed by atoms with Crippen molar-refractivity contribution in [1.29, 1.82) is 0 Å². The van der Waals surface area contributed by atoms with Crippen LogP contribution < -0.4 is 4.74 Å². The van der Waals surface area contributed by atoms with Crippen molar-refractivity contribution in [3.05, 3.63) is 28.2 Å². The lowest BCUT2D eigenvalue weighted by atomic mass is 10.1. The maximum Gasteiger partial charge on any atom is 0.308 e. The first-order valence-electron chi connectivity index (χ1n) is 4.55. The molecule has 0 unspecified atom stereocenters. The molecular formula is C11H11BrO3. The van der Waals surface area contributed by atoms with E-state index in [1.807, 2.05) is 0 Å². The Morgan fingerprint density at radius 2 is 2.07 bits per heavy atom. The summed E-state index contributed by atoms with van der Waals surface area (Å²) >= 11 is 3.25. The van der Waals surface area contributed by atoms with Crippen LogP contribution in [0.1, 0.15) is 30.6 Å². The fourth-order valence-corrected chi connectivity index (χ4v) is 1.50. The molecule has 0 amide bonds. The van der Waals surface area contributed by atoms with Gasteiger partial charge in [0, 0.05) is 17.8 Å². The van der Waals surface area contributed by atoms with Crippen LogP contribution in [0.5, 0.6) is 5.75 Å². The summed E-state index contributed by atoms with van der Waals surface area (Å²) < 4.78 is 5.73. The number of ether oxygens (including phenoxy) is 1. The third kappa shape index (κ3) is 3.16. The highest BCUT2D eigenvalue weighted by molar-refractivity contribution is 9.10. The Hall–Kier alpha value is -1.16. The van der Waals surface area contributed by atoms with Crippen LogP contribution in [-0.2, 0) is 4.79 Å². The molecule has 0 aliphatic rings. The second-order valence-electron chi connectivity index (χ2n) is 3.01. The van der Waals surface area contributed by atoms with E-state index in [-0.39, 0.29) is 5.78 Å². The molecule has 0 fully saturated rings. The van der Waals surface area contributed by atoms with E-state index in [0.717, 1.165) is 4.47 Å². The summed E-state index contributed by atoms with van der Waals surface area (Å²) in [4.78, 5) is 22.4. The van der Waals surface area contributed by atoms with Gasteiger partial charge in [-0.05, 0) is 18.2 Å². The SMILES string of the molecule is CCC(=O)c1ccc(Br)cc1OC(C)=O. The van der Waals surface area contributed by atoms with Crippen molar-refractivity contribution in [2.45, 2.75) is 20.3 Å². The van der Waals surface area contributed by atoms with Gasteiger partial charge in [-0.3, -0.25) is 9.59 Å². The van der Waals surface area contributed by atoms with E-state index in [1.165, 1.54) is 6.92 Å². The monoisotopic (exact) mass is 270 g/mol. The van der Waals surface area contributed by atoms with Crippen LogP contribution in [0.3, 0.4) is 0 Å². The van der Waals surface area contributed by atoms with Crippen molar-refractivity contribution < 1.29 is 14.3 Å². The van der Waals surface area contributed by atoms with Crippen LogP contribution in [0.2, 0.25) is 0 Å². The first-order valence-corrected chi connectivity index (χ1v) is 5.35. The van der Waals surface area contributed by atoms with E-state index in [4.69, 9.17) is 4.74 Å². The Labute approximate surface area is 96.6 Å². The Morgan fingerprint density at radius 1 is 1.40 bits per heavy atom. The zero-order valence-electron chi connectivity index (χ0n) is 8.54. The minimum atomic E-state index is -0.432. The minimum absolute atomic E-state index is 0.0428. The molecule has 15 heavy (non-hydrogen) atoms. The van der Waals surface area contributed by atoms with Gasteiger partial charge in [-0.25, -0.2) is 0 Å². The van der Waals surface area contributed by atoms with E-state index < -0.39 is 5.97 Å². The lowest BCUT2D eigenvalue weighted by molar-refractivity contribution is -0.131. The number of carbonyl (C=O) groups is 2. The molecule has 0 spiro atoms. The van der Waals surface area contributed by atoms with Gasteiger partial charge in [0.15, 0.2) is 5.78 Å². The molecule has 80 valence electrons. The summed E-state index contributed by atoms with van der Waals surface area (Å²) in [6.07, 6.45) is 0.385. The van der Waals surface area contributed by atoms with Gasteiger partial charge in [0.25, 0.3) is 0 Å². The Morgan fingerprint density at radius 3 is 2.60 bits per heavy atom. The van der Waals surface area contributed by atoms with Crippen LogP contribution in [0.25, 0.3) is 0 Å².